The van der Waals surface area contributed by atoms with Crippen LogP contribution in [0.5, 0.6) is 0 Å². The third-order valence-corrected chi connectivity index (χ3v) is 10.8. The van der Waals surface area contributed by atoms with Crippen molar-refractivity contribution in [2.45, 2.75) is 134 Å². The van der Waals surface area contributed by atoms with Gasteiger partial charge in [-0.2, -0.15) is 13.7 Å². The molecule has 1 aromatic carbocycles. The van der Waals surface area contributed by atoms with Gasteiger partial charge >= 0.3 is 12.0 Å². The smallest absolute Gasteiger partial charge is 0.424 e. The summed E-state index contributed by atoms with van der Waals surface area (Å²) in [4.78, 5) is 95.8. The van der Waals surface area contributed by atoms with Gasteiger partial charge in [0.15, 0.2) is 5.78 Å². The summed E-state index contributed by atoms with van der Waals surface area (Å²) >= 11 is 0. The van der Waals surface area contributed by atoms with Gasteiger partial charge in [-0.25, -0.2) is 9.78 Å². The molecule has 6 atom stereocenters. The van der Waals surface area contributed by atoms with Crippen LogP contribution in [0.4, 0.5) is 13.6 Å². The van der Waals surface area contributed by atoms with Crippen LogP contribution in [0.3, 0.4) is 0 Å². The number of halogens is 2. The number of nitrogens with one attached hydrogen (secondary N) is 2. The molecule has 0 saturated heterocycles. The topological polar surface area (TPSA) is 267 Å². The Morgan fingerprint density at radius 1 is 1.00 bits per heavy atom. The Kier molecular flexibility index (Phi) is 16.6. The zero-order chi connectivity index (χ0) is 45.2. The fourth-order valence-corrected chi connectivity index (χ4v) is 7.16. The highest BCUT2D eigenvalue weighted by molar-refractivity contribution is 6.22. The van der Waals surface area contributed by atoms with Crippen molar-refractivity contribution in [2.24, 2.45) is 29.0 Å². The number of imide groups is 3. The normalized spacial score (nSPS) is 16.6. The summed E-state index contributed by atoms with van der Waals surface area (Å²) in [5.41, 5.74) is 14.9. The number of ketones is 2. The first-order chi connectivity index (χ1) is 28.7. The number of hydrogen-bond acceptors (Lipinski definition) is 13. The highest BCUT2D eigenvalue weighted by Gasteiger charge is 2.53. The first kappa shape index (κ1) is 48.4. The van der Waals surface area contributed by atoms with Crippen LogP contribution in [-0.4, -0.2) is 102 Å². The van der Waals surface area contributed by atoms with Crippen LogP contribution in [0.15, 0.2) is 55.1 Å². The van der Waals surface area contributed by atoms with Crippen LogP contribution >= 0.6 is 0 Å². The number of Topliss-reactive ketones (excluding diaryl/α,β-unsaturated/α-hetero) is 2. The average Bonchev–Trinajstić information content (AvgIpc) is 3.74. The molecule has 0 bridgehead atoms. The number of pyridine rings is 1. The predicted octanol–water partition coefficient (Wildman–Crippen LogP) is 4.04. The van der Waals surface area contributed by atoms with E-state index in [0.29, 0.717) is 24.8 Å². The number of hydrogen-bond donors (Lipinski definition) is 6. The summed E-state index contributed by atoms with van der Waals surface area (Å²) in [5, 5.41) is 13.5. The number of aromatic amines is 1. The van der Waals surface area contributed by atoms with Gasteiger partial charge in [0.25, 0.3) is 11.8 Å². The Morgan fingerprint density at radius 2 is 1.66 bits per heavy atom. The summed E-state index contributed by atoms with van der Waals surface area (Å²) < 4.78 is 38.4. The van der Waals surface area contributed by atoms with E-state index in [-0.39, 0.29) is 29.4 Å². The molecule has 61 heavy (non-hydrogen) atoms. The third kappa shape index (κ3) is 12.4. The maximum Gasteiger partial charge on any atom is 0.424 e. The van der Waals surface area contributed by atoms with E-state index < -0.39 is 106 Å². The van der Waals surface area contributed by atoms with Crippen LogP contribution in [0.25, 0.3) is 0 Å². The standard InChI is InChI=1S/C43H58F2N8O8/c1-6-24(2)33(48)35(54)28-17-18-50-34(32(28)37(56)43(44,45)36(55)29(46)19-25-13-9-7-10-14-25)40(59)53(41(60)61-42(3,4)5)39(58)31(21-27-22-49-23-51-27)52-38(57)30(47)20-26-15-11-8-12-16-26/h8,11-12,15-18,22-25,29-31,33,36,55H,6-7,9-10,13-14,19-21,46-48H2,1-5H3,(H,49,51)(H,52,57)/t24-,29?,30-,31-,33-,36?/m0/s1. The quantitative estimate of drug-likeness (QED) is 0.0989. The van der Waals surface area contributed by atoms with Gasteiger partial charge in [-0.05, 0) is 57.1 Å². The summed E-state index contributed by atoms with van der Waals surface area (Å²) in [6.45, 7) is 7.60. The monoisotopic (exact) mass is 852 g/mol. The Labute approximate surface area is 353 Å². The molecule has 16 nitrogen and oxygen atoms in total. The number of carbonyl (C=O) groups is 6. The van der Waals surface area contributed by atoms with Crippen molar-refractivity contribution < 1.29 is 47.4 Å². The molecule has 1 saturated carbocycles. The molecule has 2 heterocycles. The molecule has 3 aromatic rings. The number of aliphatic hydroxyl groups excluding tert-OH is 1. The zero-order valence-electron chi connectivity index (χ0n) is 35.2. The molecular formula is C43H58F2N8O8. The van der Waals surface area contributed by atoms with Gasteiger partial charge in [-0.3, -0.25) is 29.0 Å². The molecule has 4 rings (SSSR count). The molecule has 2 unspecified atom stereocenters. The number of benzene rings is 1. The molecule has 9 N–H and O–H groups in total. The number of aromatic nitrogens is 3. The van der Waals surface area contributed by atoms with E-state index in [1.54, 1.807) is 44.2 Å². The van der Waals surface area contributed by atoms with Gasteiger partial charge in [0.2, 0.25) is 11.7 Å². The van der Waals surface area contributed by atoms with Crippen molar-refractivity contribution in [1.82, 2.24) is 25.2 Å². The van der Waals surface area contributed by atoms with Crippen molar-refractivity contribution in [3.05, 3.63) is 83.2 Å². The molecule has 0 aliphatic heterocycles. The van der Waals surface area contributed by atoms with Crippen molar-refractivity contribution >= 4 is 35.4 Å². The molecule has 332 valence electrons. The summed E-state index contributed by atoms with van der Waals surface area (Å²) in [6.07, 6.45) is 3.06. The van der Waals surface area contributed by atoms with Crippen molar-refractivity contribution in [3.8, 4) is 0 Å². The zero-order valence-corrected chi connectivity index (χ0v) is 35.2. The maximum atomic E-state index is 16.5. The number of ether oxygens (including phenoxy) is 1. The van der Waals surface area contributed by atoms with E-state index in [1.165, 1.54) is 33.3 Å². The van der Waals surface area contributed by atoms with E-state index in [0.717, 1.165) is 31.5 Å². The van der Waals surface area contributed by atoms with Crippen molar-refractivity contribution in [3.63, 3.8) is 0 Å². The Hall–Kier alpha value is -5.30. The summed E-state index contributed by atoms with van der Waals surface area (Å²) in [7, 11) is 0. The number of nitrogens with zero attached hydrogens (tertiary/aromatic N) is 3. The van der Waals surface area contributed by atoms with Crippen molar-refractivity contribution in [2.75, 3.05) is 0 Å². The van der Waals surface area contributed by atoms with Gasteiger partial charge in [0.1, 0.15) is 23.4 Å². The molecular weight excluding hydrogens is 795 g/mol. The molecule has 18 heteroatoms. The van der Waals surface area contributed by atoms with E-state index >= 15 is 8.78 Å². The minimum Gasteiger partial charge on any atom is -0.443 e. The van der Waals surface area contributed by atoms with Crippen LogP contribution in [0, 0.1) is 11.8 Å². The lowest BCUT2D eigenvalue weighted by Crippen LogP contribution is -2.57. The van der Waals surface area contributed by atoms with E-state index in [2.05, 4.69) is 20.3 Å². The first-order valence-corrected chi connectivity index (χ1v) is 20.5. The second kappa shape index (κ2) is 21.0. The number of aliphatic hydroxyl groups is 1. The van der Waals surface area contributed by atoms with Crippen LogP contribution in [-0.2, 0) is 27.2 Å². The molecule has 4 amide bonds. The van der Waals surface area contributed by atoms with Gasteiger partial charge in [-0.15, -0.1) is 0 Å². The molecule has 1 fully saturated rings. The molecule has 0 spiro atoms. The predicted molar refractivity (Wildman–Crippen MR) is 220 cm³/mol. The van der Waals surface area contributed by atoms with Gasteiger partial charge < -0.3 is 37.3 Å². The highest BCUT2D eigenvalue weighted by Crippen LogP contribution is 2.34. The Balaban J connectivity index is 1.85. The number of alkyl halides is 2. The van der Waals surface area contributed by atoms with Gasteiger partial charge in [0, 0.05) is 36.1 Å². The number of imidazole rings is 1. The second-order valence-electron chi connectivity index (χ2n) is 16.8. The number of carbonyl (C=O) groups excluding carboxylic acids is 6. The van der Waals surface area contributed by atoms with Crippen LogP contribution < -0.4 is 22.5 Å². The first-order valence-electron chi connectivity index (χ1n) is 20.5. The number of amides is 4. The lowest BCUT2D eigenvalue weighted by atomic mass is 9.82. The molecule has 0 radical (unpaired) electrons. The Bertz CT molecular complexity index is 2000. The summed E-state index contributed by atoms with van der Waals surface area (Å²) in [5.74, 6) is -12.7. The van der Waals surface area contributed by atoms with Gasteiger partial charge in [0.05, 0.1) is 24.0 Å². The van der Waals surface area contributed by atoms with Gasteiger partial charge in [-0.1, -0.05) is 82.7 Å². The Morgan fingerprint density at radius 3 is 2.25 bits per heavy atom. The van der Waals surface area contributed by atoms with Crippen LogP contribution in [0.1, 0.15) is 122 Å². The lowest BCUT2D eigenvalue weighted by Gasteiger charge is -2.31. The SMILES string of the molecule is CC[C@H](C)[C@H](N)C(=O)c1ccnc(C(=O)N(C(=O)OC(C)(C)C)C(=O)[C@H](Cc2cnc[nH]2)NC(=O)[C@@H](N)Cc2ccccc2)c1C(=O)C(F)(F)C(O)C(N)CC1CCCCC1. The number of H-pyrrole nitrogens is 1. The fraction of sp³-hybridized carbons (Fsp3) is 0.535. The maximum absolute atomic E-state index is 16.5. The third-order valence-electron chi connectivity index (χ3n) is 10.8. The fourth-order valence-electron chi connectivity index (χ4n) is 7.16. The lowest BCUT2D eigenvalue weighted by molar-refractivity contribution is -0.134. The van der Waals surface area contributed by atoms with Crippen molar-refractivity contribution in [1.29, 1.82) is 0 Å². The largest absolute Gasteiger partial charge is 0.443 e. The van der Waals surface area contributed by atoms with E-state index in [9.17, 15) is 33.9 Å². The highest BCUT2D eigenvalue weighted by atomic mass is 19.3. The minimum absolute atomic E-state index is 0.0335. The average molecular weight is 853 g/mol. The number of rotatable bonds is 18. The molecule has 1 aliphatic rings. The van der Waals surface area contributed by atoms with E-state index in [4.69, 9.17) is 21.9 Å². The second-order valence-corrected chi connectivity index (χ2v) is 16.8. The van der Waals surface area contributed by atoms with E-state index in [1.807, 2.05) is 0 Å². The number of nitrogens with two attached hydrogens (primary N) is 3. The molecule has 1 aliphatic carbocycles. The summed E-state index contributed by atoms with van der Waals surface area (Å²) in [6, 6.07) is 3.66. The minimum atomic E-state index is -4.73. The van der Waals surface area contributed by atoms with Crippen LogP contribution in [0.2, 0.25) is 0 Å². The molecule has 2 aromatic heterocycles.